The summed E-state index contributed by atoms with van der Waals surface area (Å²) in [6.45, 7) is 3.61. The highest BCUT2D eigenvalue weighted by molar-refractivity contribution is 5.96. The van der Waals surface area contributed by atoms with E-state index >= 15 is 0 Å². The van der Waals surface area contributed by atoms with E-state index in [4.69, 9.17) is 10.7 Å². The maximum atomic E-state index is 12.7. The minimum absolute atomic E-state index is 0.259. The number of hydrogen-bond donors (Lipinski definition) is 2. The maximum absolute atomic E-state index is 12.7. The predicted octanol–water partition coefficient (Wildman–Crippen LogP) is 6.33. The zero-order chi connectivity index (χ0) is 24.0. The highest BCUT2D eigenvalue weighted by Crippen LogP contribution is 2.34. The van der Waals surface area contributed by atoms with Gasteiger partial charge in [-0.25, -0.2) is 4.98 Å². The summed E-state index contributed by atoms with van der Waals surface area (Å²) in [7, 11) is 0. The largest absolute Gasteiger partial charge is 0.573 e. The third kappa shape index (κ3) is 6.32. The second-order valence-corrected chi connectivity index (χ2v) is 8.66. The molecule has 1 aromatic heterocycles. The smallest absolute Gasteiger partial charge is 0.406 e. The van der Waals surface area contributed by atoms with Crippen molar-refractivity contribution in [3.05, 3.63) is 48.5 Å². The Hall–Kier alpha value is -3.00. The van der Waals surface area contributed by atoms with Crippen LogP contribution in [0.15, 0.2) is 48.5 Å². The minimum atomic E-state index is -4.74. The fourth-order valence-electron chi connectivity index (χ4n) is 4.38. The van der Waals surface area contributed by atoms with Gasteiger partial charge >= 0.3 is 6.36 Å². The van der Waals surface area contributed by atoms with Crippen molar-refractivity contribution in [2.24, 2.45) is 5.73 Å². The molecule has 34 heavy (non-hydrogen) atoms. The van der Waals surface area contributed by atoms with Crippen molar-refractivity contribution in [3.63, 3.8) is 0 Å². The highest BCUT2D eigenvalue weighted by atomic mass is 19.4. The lowest BCUT2D eigenvalue weighted by Gasteiger charge is -2.19. The molecule has 0 unspecified atom stereocenters. The molecule has 4 rings (SSSR count). The van der Waals surface area contributed by atoms with E-state index in [-0.39, 0.29) is 5.75 Å². The average Bonchev–Trinajstić information content (AvgIpc) is 3.35. The van der Waals surface area contributed by atoms with E-state index in [0.29, 0.717) is 17.8 Å². The summed E-state index contributed by atoms with van der Waals surface area (Å²) in [5, 5.41) is 4.56. The summed E-state index contributed by atoms with van der Waals surface area (Å²) < 4.78 is 42.2. The van der Waals surface area contributed by atoms with Crippen molar-refractivity contribution in [1.29, 1.82) is 0 Å². The standard InChI is InChI=1S/C26H31F3N4O/c27-26(28,29)34-21-9-7-8-19(16-21)24-18-25(31-13-4-2-1-3-12-30)22-17-20(10-11-23(22)32-24)33-14-5-6-15-33/h7-11,16-18H,1-6,12-15,30H2,(H,31,32). The maximum Gasteiger partial charge on any atom is 0.573 e. The molecular weight excluding hydrogens is 441 g/mol. The molecule has 1 aliphatic rings. The van der Waals surface area contributed by atoms with Gasteiger partial charge in [0.1, 0.15) is 5.75 Å². The van der Waals surface area contributed by atoms with Crippen molar-refractivity contribution in [2.45, 2.75) is 44.9 Å². The Bertz CT molecular complexity index is 1100. The zero-order valence-corrected chi connectivity index (χ0v) is 19.2. The van der Waals surface area contributed by atoms with E-state index < -0.39 is 6.36 Å². The summed E-state index contributed by atoms with van der Waals surface area (Å²) >= 11 is 0. The molecule has 0 radical (unpaired) electrons. The molecule has 5 nitrogen and oxygen atoms in total. The van der Waals surface area contributed by atoms with Gasteiger partial charge in [-0.05, 0) is 68.6 Å². The van der Waals surface area contributed by atoms with E-state index in [9.17, 15) is 13.2 Å². The summed E-state index contributed by atoms with van der Waals surface area (Å²) in [5.41, 5.74) is 9.65. The van der Waals surface area contributed by atoms with E-state index in [1.54, 1.807) is 12.1 Å². The Morgan fingerprint density at radius 3 is 2.53 bits per heavy atom. The molecule has 8 heteroatoms. The SMILES string of the molecule is NCCCCCCNc1cc(-c2cccc(OC(F)(F)F)c2)nc2ccc(N3CCCC3)cc12. The van der Waals surface area contributed by atoms with Gasteiger partial charge in [0.2, 0.25) is 0 Å². The lowest BCUT2D eigenvalue weighted by molar-refractivity contribution is -0.274. The average molecular weight is 473 g/mol. The fourth-order valence-corrected chi connectivity index (χ4v) is 4.38. The molecule has 0 amide bonds. The second-order valence-electron chi connectivity index (χ2n) is 8.66. The molecule has 3 N–H and O–H groups in total. The quantitative estimate of drug-likeness (QED) is 0.338. The molecule has 0 bridgehead atoms. The van der Waals surface area contributed by atoms with Crippen LogP contribution in [-0.4, -0.2) is 37.5 Å². The summed E-state index contributed by atoms with van der Waals surface area (Å²) in [6, 6.07) is 14.1. The van der Waals surface area contributed by atoms with Crippen LogP contribution in [-0.2, 0) is 0 Å². The number of halogens is 3. The number of hydrogen-bond acceptors (Lipinski definition) is 5. The molecule has 182 valence electrons. The number of pyridine rings is 1. The van der Waals surface area contributed by atoms with Crippen molar-refractivity contribution in [2.75, 3.05) is 36.4 Å². The molecule has 0 saturated carbocycles. The third-order valence-corrected chi connectivity index (χ3v) is 6.07. The predicted molar refractivity (Wildman–Crippen MR) is 131 cm³/mol. The number of unbranched alkanes of at least 4 members (excludes halogenated alkanes) is 3. The van der Waals surface area contributed by atoms with Gasteiger partial charge in [0, 0.05) is 42.0 Å². The number of ether oxygens (including phenoxy) is 1. The van der Waals surface area contributed by atoms with Crippen LogP contribution in [0.1, 0.15) is 38.5 Å². The number of nitrogens with two attached hydrogens (primary N) is 1. The first-order valence-corrected chi connectivity index (χ1v) is 11.9. The topological polar surface area (TPSA) is 63.4 Å². The normalized spacial score (nSPS) is 14.1. The first-order chi connectivity index (χ1) is 16.4. The second kappa shape index (κ2) is 11.0. The molecule has 1 aliphatic heterocycles. The molecule has 1 fully saturated rings. The van der Waals surface area contributed by atoms with Gasteiger partial charge < -0.3 is 20.7 Å². The van der Waals surface area contributed by atoms with Crippen LogP contribution in [0, 0.1) is 0 Å². The van der Waals surface area contributed by atoms with Crippen LogP contribution in [0.5, 0.6) is 5.75 Å². The number of nitrogens with zero attached hydrogens (tertiary/aromatic N) is 2. The number of fused-ring (bicyclic) bond motifs is 1. The Labute approximate surface area is 198 Å². The Kier molecular flexibility index (Phi) is 7.77. The van der Waals surface area contributed by atoms with Gasteiger partial charge in [0.25, 0.3) is 0 Å². The summed E-state index contributed by atoms with van der Waals surface area (Å²) in [4.78, 5) is 7.15. The number of rotatable bonds is 10. The third-order valence-electron chi connectivity index (χ3n) is 6.07. The first kappa shape index (κ1) is 24.1. The first-order valence-electron chi connectivity index (χ1n) is 11.9. The van der Waals surface area contributed by atoms with Gasteiger partial charge in [-0.2, -0.15) is 0 Å². The Morgan fingerprint density at radius 1 is 0.971 bits per heavy atom. The van der Waals surface area contributed by atoms with Crippen LogP contribution in [0.2, 0.25) is 0 Å². The van der Waals surface area contributed by atoms with Gasteiger partial charge in [0.15, 0.2) is 0 Å². The fraction of sp³-hybridized carbons (Fsp3) is 0.423. The van der Waals surface area contributed by atoms with E-state index in [0.717, 1.165) is 61.9 Å². The van der Waals surface area contributed by atoms with Crippen LogP contribution in [0.3, 0.4) is 0 Å². The number of aromatic nitrogens is 1. The van der Waals surface area contributed by atoms with Crippen molar-refractivity contribution in [3.8, 4) is 17.0 Å². The van der Waals surface area contributed by atoms with Gasteiger partial charge in [-0.3, -0.25) is 0 Å². The van der Waals surface area contributed by atoms with Gasteiger partial charge in [-0.15, -0.1) is 13.2 Å². The molecule has 1 saturated heterocycles. The van der Waals surface area contributed by atoms with Crippen molar-refractivity contribution in [1.82, 2.24) is 4.98 Å². The van der Waals surface area contributed by atoms with Crippen molar-refractivity contribution < 1.29 is 17.9 Å². The van der Waals surface area contributed by atoms with Crippen LogP contribution >= 0.6 is 0 Å². The van der Waals surface area contributed by atoms with E-state index in [2.05, 4.69) is 27.1 Å². The number of nitrogens with one attached hydrogen (secondary N) is 1. The zero-order valence-electron chi connectivity index (χ0n) is 19.2. The molecule has 0 aliphatic carbocycles. The Morgan fingerprint density at radius 2 is 1.76 bits per heavy atom. The monoisotopic (exact) mass is 472 g/mol. The van der Waals surface area contributed by atoms with Gasteiger partial charge in [-0.1, -0.05) is 25.0 Å². The summed E-state index contributed by atoms with van der Waals surface area (Å²) in [5.74, 6) is -0.259. The van der Waals surface area contributed by atoms with Crippen LogP contribution in [0.25, 0.3) is 22.2 Å². The number of benzene rings is 2. The molecule has 2 aromatic carbocycles. The molecule has 0 spiro atoms. The van der Waals surface area contributed by atoms with E-state index in [1.807, 2.05) is 12.1 Å². The highest BCUT2D eigenvalue weighted by Gasteiger charge is 2.31. The van der Waals surface area contributed by atoms with Crippen LogP contribution in [0.4, 0.5) is 24.5 Å². The van der Waals surface area contributed by atoms with Crippen molar-refractivity contribution >= 4 is 22.3 Å². The van der Waals surface area contributed by atoms with Crippen LogP contribution < -0.4 is 20.7 Å². The minimum Gasteiger partial charge on any atom is -0.406 e. The Balaban J connectivity index is 1.65. The molecule has 0 atom stereocenters. The van der Waals surface area contributed by atoms with Gasteiger partial charge in [0.05, 0.1) is 11.2 Å². The number of anilines is 2. The number of alkyl halides is 3. The summed E-state index contributed by atoms with van der Waals surface area (Å²) in [6.07, 6.45) is 1.89. The lowest BCUT2D eigenvalue weighted by Crippen LogP contribution is -2.17. The molecular formula is C26H31F3N4O. The lowest BCUT2D eigenvalue weighted by atomic mass is 10.1. The molecule has 3 aromatic rings. The molecule has 2 heterocycles. The van der Waals surface area contributed by atoms with E-state index in [1.165, 1.54) is 30.7 Å².